The molecule has 0 saturated heterocycles. The zero-order chi connectivity index (χ0) is 20.8. The molecule has 150 valence electrons. The molecule has 0 unspecified atom stereocenters. The Labute approximate surface area is 177 Å². The number of anilines is 1. The van der Waals surface area contributed by atoms with Crippen molar-refractivity contribution in [3.8, 4) is 5.75 Å². The molecule has 6 nitrogen and oxygen atoms in total. The molecule has 0 radical (unpaired) electrons. The maximum Gasteiger partial charge on any atom is 0.287 e. The molecule has 1 aromatic heterocycles. The lowest BCUT2D eigenvalue weighted by Crippen LogP contribution is -2.32. The highest BCUT2D eigenvalue weighted by Gasteiger charge is 2.14. The summed E-state index contributed by atoms with van der Waals surface area (Å²) in [5, 5.41) is 5.63. The lowest BCUT2D eigenvalue weighted by molar-refractivity contribution is -0.115. The number of halogens is 2. The van der Waals surface area contributed by atoms with Gasteiger partial charge in [0.05, 0.1) is 22.3 Å². The van der Waals surface area contributed by atoms with E-state index in [2.05, 4.69) is 10.6 Å². The molecule has 0 aliphatic rings. The normalized spacial score (nSPS) is 10.4. The van der Waals surface area contributed by atoms with Crippen molar-refractivity contribution in [2.24, 2.45) is 0 Å². The van der Waals surface area contributed by atoms with Crippen molar-refractivity contribution in [2.45, 2.75) is 13.5 Å². The fraction of sp³-hybridized carbons (Fsp3) is 0.143. The van der Waals surface area contributed by atoms with E-state index in [4.69, 9.17) is 32.4 Å². The Bertz CT molecular complexity index is 1020. The first-order chi connectivity index (χ1) is 13.9. The number of benzene rings is 2. The molecule has 0 saturated carbocycles. The monoisotopic (exact) mass is 432 g/mol. The van der Waals surface area contributed by atoms with Crippen LogP contribution in [-0.4, -0.2) is 18.4 Å². The fourth-order valence-corrected chi connectivity index (χ4v) is 2.76. The van der Waals surface area contributed by atoms with E-state index >= 15 is 0 Å². The molecule has 0 aliphatic carbocycles. The SMILES string of the molecule is Cc1ccc(OCc2ccc(C(=O)NCC(=O)Nc3cccc(Cl)c3Cl)o2)cc1. The van der Waals surface area contributed by atoms with Crippen molar-refractivity contribution in [1.82, 2.24) is 5.32 Å². The van der Waals surface area contributed by atoms with Gasteiger partial charge in [-0.25, -0.2) is 0 Å². The van der Waals surface area contributed by atoms with E-state index in [0.29, 0.717) is 22.2 Å². The van der Waals surface area contributed by atoms with E-state index in [9.17, 15) is 9.59 Å². The molecular formula is C21H18Cl2N2O4. The Morgan fingerprint density at radius 2 is 1.79 bits per heavy atom. The van der Waals surface area contributed by atoms with Crippen LogP contribution >= 0.6 is 23.2 Å². The highest BCUT2D eigenvalue weighted by molar-refractivity contribution is 6.44. The number of nitrogens with one attached hydrogen (secondary N) is 2. The van der Waals surface area contributed by atoms with Gasteiger partial charge in [-0.3, -0.25) is 9.59 Å². The van der Waals surface area contributed by atoms with Crippen LogP contribution in [0.15, 0.2) is 59.0 Å². The molecule has 8 heteroatoms. The topological polar surface area (TPSA) is 80.6 Å². The number of amides is 2. The summed E-state index contributed by atoms with van der Waals surface area (Å²) in [6.45, 7) is 1.92. The number of ether oxygens (including phenoxy) is 1. The highest BCUT2D eigenvalue weighted by atomic mass is 35.5. The minimum atomic E-state index is -0.515. The number of rotatable bonds is 7. The number of carbonyl (C=O) groups is 2. The van der Waals surface area contributed by atoms with Crippen LogP contribution in [-0.2, 0) is 11.4 Å². The van der Waals surface area contributed by atoms with Crippen molar-refractivity contribution < 1.29 is 18.7 Å². The zero-order valence-electron chi connectivity index (χ0n) is 15.5. The fourth-order valence-electron chi connectivity index (χ4n) is 2.41. The molecule has 29 heavy (non-hydrogen) atoms. The van der Waals surface area contributed by atoms with Gasteiger partial charge in [-0.2, -0.15) is 0 Å². The smallest absolute Gasteiger partial charge is 0.287 e. The first kappa shape index (κ1) is 20.8. The van der Waals surface area contributed by atoms with Crippen LogP contribution in [0.3, 0.4) is 0 Å². The van der Waals surface area contributed by atoms with Crippen molar-refractivity contribution in [3.63, 3.8) is 0 Å². The minimum Gasteiger partial charge on any atom is -0.486 e. The standard InChI is InChI=1S/C21H18Cl2N2O4/c1-13-5-7-14(8-6-13)28-12-15-9-10-18(29-15)21(27)24-11-19(26)25-17-4-2-3-16(22)20(17)23/h2-10H,11-12H2,1H3,(H,24,27)(H,25,26). The Morgan fingerprint density at radius 1 is 1.03 bits per heavy atom. The van der Waals surface area contributed by atoms with Crippen molar-refractivity contribution in [2.75, 3.05) is 11.9 Å². The third kappa shape index (κ3) is 5.76. The molecule has 0 bridgehead atoms. The summed E-state index contributed by atoms with van der Waals surface area (Å²) < 4.78 is 11.1. The first-order valence-corrected chi connectivity index (χ1v) is 9.48. The second-order valence-corrected chi connectivity index (χ2v) is 6.99. The van der Waals surface area contributed by atoms with Gasteiger partial charge in [0.1, 0.15) is 18.1 Å². The third-order valence-electron chi connectivity index (χ3n) is 3.92. The van der Waals surface area contributed by atoms with Crippen LogP contribution in [0.2, 0.25) is 10.0 Å². The molecule has 0 spiro atoms. The number of aryl methyl sites for hydroxylation is 1. The number of furan rings is 1. The maximum atomic E-state index is 12.2. The van der Waals surface area contributed by atoms with Crippen LogP contribution in [0.5, 0.6) is 5.75 Å². The van der Waals surface area contributed by atoms with Crippen LogP contribution in [0, 0.1) is 6.92 Å². The molecule has 0 aliphatic heterocycles. The molecule has 2 N–H and O–H groups in total. The van der Waals surface area contributed by atoms with E-state index in [1.54, 1.807) is 24.3 Å². The second-order valence-electron chi connectivity index (χ2n) is 6.20. The van der Waals surface area contributed by atoms with E-state index in [-0.39, 0.29) is 23.9 Å². The first-order valence-electron chi connectivity index (χ1n) is 8.72. The van der Waals surface area contributed by atoms with Gasteiger partial charge in [0.2, 0.25) is 5.91 Å². The lowest BCUT2D eigenvalue weighted by atomic mass is 10.2. The van der Waals surface area contributed by atoms with Gasteiger partial charge in [-0.05, 0) is 43.3 Å². The van der Waals surface area contributed by atoms with Gasteiger partial charge in [-0.15, -0.1) is 0 Å². The summed E-state index contributed by atoms with van der Waals surface area (Å²) in [7, 11) is 0. The average molecular weight is 433 g/mol. The Morgan fingerprint density at radius 3 is 2.55 bits per heavy atom. The highest BCUT2D eigenvalue weighted by Crippen LogP contribution is 2.29. The number of carbonyl (C=O) groups excluding carboxylic acids is 2. The quantitative estimate of drug-likeness (QED) is 0.559. The van der Waals surface area contributed by atoms with Gasteiger partial charge in [0.15, 0.2) is 5.76 Å². The van der Waals surface area contributed by atoms with Crippen molar-refractivity contribution >= 4 is 40.7 Å². The van der Waals surface area contributed by atoms with Crippen LogP contribution in [0.1, 0.15) is 21.9 Å². The van der Waals surface area contributed by atoms with Crippen LogP contribution < -0.4 is 15.4 Å². The summed E-state index contributed by atoms with van der Waals surface area (Å²) in [6, 6.07) is 15.7. The maximum absolute atomic E-state index is 12.2. The number of hydrogen-bond donors (Lipinski definition) is 2. The molecular weight excluding hydrogens is 415 g/mol. The van der Waals surface area contributed by atoms with Crippen molar-refractivity contribution in [1.29, 1.82) is 0 Å². The Hall–Kier alpha value is -2.96. The van der Waals surface area contributed by atoms with E-state index < -0.39 is 11.8 Å². The van der Waals surface area contributed by atoms with Crippen molar-refractivity contribution in [3.05, 3.63) is 81.7 Å². The summed E-state index contributed by atoms with van der Waals surface area (Å²) >= 11 is 11.9. The Balaban J connectivity index is 1.49. The zero-order valence-corrected chi connectivity index (χ0v) is 17.0. The van der Waals surface area contributed by atoms with Gasteiger partial charge in [0.25, 0.3) is 5.91 Å². The van der Waals surface area contributed by atoms with Gasteiger partial charge in [-0.1, -0.05) is 47.0 Å². The predicted molar refractivity (Wildman–Crippen MR) is 112 cm³/mol. The predicted octanol–water partition coefficient (Wildman–Crippen LogP) is 4.84. The molecule has 0 fully saturated rings. The molecule has 2 amide bonds. The summed E-state index contributed by atoms with van der Waals surface area (Å²) in [6.07, 6.45) is 0. The molecule has 3 aromatic rings. The summed E-state index contributed by atoms with van der Waals surface area (Å²) in [5.41, 5.74) is 1.50. The number of hydrogen-bond acceptors (Lipinski definition) is 4. The van der Waals surface area contributed by atoms with Gasteiger partial charge >= 0.3 is 0 Å². The molecule has 3 rings (SSSR count). The molecule has 0 atom stereocenters. The molecule has 1 heterocycles. The van der Waals surface area contributed by atoms with Gasteiger partial charge in [0, 0.05) is 0 Å². The Kier molecular flexibility index (Phi) is 6.80. The third-order valence-corrected chi connectivity index (χ3v) is 4.74. The summed E-state index contributed by atoms with van der Waals surface area (Å²) in [4.78, 5) is 24.2. The van der Waals surface area contributed by atoms with Crippen LogP contribution in [0.25, 0.3) is 0 Å². The second kappa shape index (κ2) is 9.49. The van der Waals surface area contributed by atoms with E-state index in [1.165, 1.54) is 6.07 Å². The van der Waals surface area contributed by atoms with E-state index in [0.717, 1.165) is 5.56 Å². The minimum absolute atomic E-state index is 0.0843. The largest absolute Gasteiger partial charge is 0.486 e. The van der Waals surface area contributed by atoms with Gasteiger partial charge < -0.3 is 19.8 Å². The van der Waals surface area contributed by atoms with Crippen LogP contribution in [0.4, 0.5) is 5.69 Å². The lowest BCUT2D eigenvalue weighted by Gasteiger charge is -2.08. The van der Waals surface area contributed by atoms with E-state index in [1.807, 2.05) is 31.2 Å². The summed E-state index contributed by atoms with van der Waals surface area (Å²) in [5.74, 6) is 0.317. The average Bonchev–Trinajstić information content (AvgIpc) is 3.18. The molecule has 2 aromatic carbocycles.